The van der Waals surface area contributed by atoms with Gasteiger partial charge in [0.05, 0.1) is 6.17 Å². The van der Waals surface area contributed by atoms with Crippen LogP contribution in [0, 0.1) is 12.7 Å². The number of benzene rings is 1. The van der Waals surface area contributed by atoms with Crippen LogP contribution in [0.3, 0.4) is 0 Å². The molecule has 0 saturated carbocycles. The molecule has 0 aromatic heterocycles. The van der Waals surface area contributed by atoms with Crippen molar-refractivity contribution in [1.29, 1.82) is 0 Å². The summed E-state index contributed by atoms with van der Waals surface area (Å²) in [7, 11) is 0. The Kier molecular flexibility index (Phi) is 2.22. The molecule has 0 spiro atoms. The summed E-state index contributed by atoms with van der Waals surface area (Å²) < 4.78 is 13.1. The van der Waals surface area contributed by atoms with Crippen molar-refractivity contribution in [1.82, 2.24) is 0 Å². The maximum Gasteiger partial charge on any atom is 0.132 e. The summed E-state index contributed by atoms with van der Waals surface area (Å²) in [6.07, 6.45) is -0.727. The van der Waals surface area contributed by atoms with Gasteiger partial charge in [0.25, 0.3) is 0 Å². The minimum absolute atomic E-state index is 0.303. The molecular weight excluding hydrogens is 143 g/mol. The van der Waals surface area contributed by atoms with Crippen molar-refractivity contribution >= 4 is 0 Å². The minimum atomic E-state index is -0.727. The molecule has 1 aromatic carbocycles. The molecule has 4 N–H and O–H groups in total. The van der Waals surface area contributed by atoms with E-state index in [-0.39, 0.29) is 5.82 Å². The Morgan fingerprint density at radius 2 is 2.00 bits per heavy atom. The average molecular weight is 154 g/mol. The number of hydrogen-bond acceptors (Lipinski definition) is 2. The van der Waals surface area contributed by atoms with E-state index in [9.17, 15) is 4.39 Å². The van der Waals surface area contributed by atoms with E-state index in [1.54, 1.807) is 25.1 Å². The molecule has 60 valence electrons. The number of aryl methyl sites for hydroxylation is 1. The van der Waals surface area contributed by atoms with Gasteiger partial charge in [0, 0.05) is 5.56 Å². The summed E-state index contributed by atoms with van der Waals surface area (Å²) >= 11 is 0. The lowest BCUT2D eigenvalue weighted by atomic mass is 10.1. The lowest BCUT2D eigenvalue weighted by Gasteiger charge is -2.07. The standard InChI is InChI=1S/C8H11FN2/c1-5-3-2-4-6(7(5)9)8(10)11/h2-4,8H,10-11H2,1H3. The molecule has 0 fully saturated rings. The van der Waals surface area contributed by atoms with Crippen LogP contribution in [0.5, 0.6) is 0 Å². The molecule has 0 atom stereocenters. The summed E-state index contributed by atoms with van der Waals surface area (Å²) in [5.41, 5.74) is 11.6. The van der Waals surface area contributed by atoms with E-state index < -0.39 is 6.17 Å². The molecule has 2 nitrogen and oxygen atoms in total. The van der Waals surface area contributed by atoms with Crippen molar-refractivity contribution in [2.45, 2.75) is 13.1 Å². The van der Waals surface area contributed by atoms with Crippen molar-refractivity contribution < 1.29 is 4.39 Å². The van der Waals surface area contributed by atoms with Crippen LogP contribution in [0.25, 0.3) is 0 Å². The molecule has 0 aliphatic rings. The van der Waals surface area contributed by atoms with Crippen LogP contribution in [0.2, 0.25) is 0 Å². The lowest BCUT2D eigenvalue weighted by molar-refractivity contribution is 0.580. The molecule has 0 radical (unpaired) electrons. The largest absolute Gasteiger partial charge is 0.312 e. The van der Waals surface area contributed by atoms with Crippen molar-refractivity contribution in [3.63, 3.8) is 0 Å². The van der Waals surface area contributed by atoms with E-state index in [1.807, 2.05) is 0 Å². The number of rotatable bonds is 1. The first-order valence-corrected chi connectivity index (χ1v) is 3.39. The van der Waals surface area contributed by atoms with Gasteiger partial charge in [-0.2, -0.15) is 0 Å². The Morgan fingerprint density at radius 3 is 2.45 bits per heavy atom. The van der Waals surface area contributed by atoms with E-state index in [4.69, 9.17) is 11.5 Å². The Balaban J connectivity index is 3.17. The van der Waals surface area contributed by atoms with Gasteiger partial charge >= 0.3 is 0 Å². The quantitative estimate of drug-likeness (QED) is 0.594. The van der Waals surface area contributed by atoms with Crippen molar-refractivity contribution in [2.75, 3.05) is 0 Å². The highest BCUT2D eigenvalue weighted by atomic mass is 19.1. The number of nitrogens with two attached hydrogens (primary N) is 2. The Bertz CT molecular complexity index is 258. The second-order valence-electron chi connectivity index (χ2n) is 2.50. The zero-order chi connectivity index (χ0) is 8.43. The predicted octanol–water partition coefficient (Wildman–Crippen LogP) is 1.05. The molecule has 0 heterocycles. The van der Waals surface area contributed by atoms with Gasteiger partial charge in [-0.1, -0.05) is 18.2 Å². The summed E-state index contributed by atoms with van der Waals surface area (Å²) in [5.74, 6) is -0.303. The minimum Gasteiger partial charge on any atom is -0.312 e. The second-order valence-corrected chi connectivity index (χ2v) is 2.50. The Labute approximate surface area is 65.0 Å². The normalized spacial score (nSPS) is 10.6. The molecule has 0 unspecified atom stereocenters. The molecule has 0 bridgehead atoms. The van der Waals surface area contributed by atoms with Crippen LogP contribution in [0.15, 0.2) is 18.2 Å². The molecular formula is C8H11FN2. The summed E-state index contributed by atoms with van der Waals surface area (Å²) in [4.78, 5) is 0. The summed E-state index contributed by atoms with van der Waals surface area (Å²) in [6, 6.07) is 5.01. The van der Waals surface area contributed by atoms with Crippen LogP contribution < -0.4 is 11.5 Å². The van der Waals surface area contributed by atoms with E-state index in [0.29, 0.717) is 11.1 Å². The van der Waals surface area contributed by atoms with Crippen LogP contribution in [0.4, 0.5) is 4.39 Å². The van der Waals surface area contributed by atoms with Gasteiger partial charge in [-0.3, -0.25) is 0 Å². The SMILES string of the molecule is Cc1cccc(C(N)N)c1F. The zero-order valence-corrected chi connectivity index (χ0v) is 6.34. The topological polar surface area (TPSA) is 52.0 Å². The molecule has 0 aliphatic heterocycles. The molecule has 0 amide bonds. The number of hydrogen-bond donors (Lipinski definition) is 2. The highest BCUT2D eigenvalue weighted by molar-refractivity contribution is 5.26. The maximum atomic E-state index is 13.1. The average Bonchev–Trinajstić information content (AvgIpc) is 1.94. The first-order valence-electron chi connectivity index (χ1n) is 3.39. The highest BCUT2D eigenvalue weighted by Crippen LogP contribution is 2.14. The second kappa shape index (κ2) is 2.98. The van der Waals surface area contributed by atoms with Crippen LogP contribution >= 0.6 is 0 Å². The third-order valence-electron chi connectivity index (χ3n) is 1.58. The third kappa shape index (κ3) is 1.56. The Morgan fingerprint density at radius 1 is 1.36 bits per heavy atom. The summed E-state index contributed by atoms with van der Waals surface area (Å²) in [5, 5.41) is 0. The molecule has 3 heteroatoms. The fourth-order valence-corrected chi connectivity index (χ4v) is 0.928. The summed E-state index contributed by atoms with van der Waals surface area (Å²) in [6.45, 7) is 1.68. The van der Waals surface area contributed by atoms with Crippen LogP contribution in [-0.4, -0.2) is 0 Å². The van der Waals surface area contributed by atoms with Crippen molar-refractivity contribution in [3.05, 3.63) is 35.1 Å². The number of halogens is 1. The van der Waals surface area contributed by atoms with Gasteiger partial charge in [0.1, 0.15) is 5.82 Å². The third-order valence-corrected chi connectivity index (χ3v) is 1.58. The fraction of sp³-hybridized carbons (Fsp3) is 0.250. The fourth-order valence-electron chi connectivity index (χ4n) is 0.928. The van der Waals surface area contributed by atoms with E-state index >= 15 is 0 Å². The molecule has 0 aliphatic carbocycles. The van der Waals surface area contributed by atoms with Crippen LogP contribution in [-0.2, 0) is 0 Å². The van der Waals surface area contributed by atoms with Crippen LogP contribution in [0.1, 0.15) is 17.3 Å². The van der Waals surface area contributed by atoms with Gasteiger partial charge in [0.2, 0.25) is 0 Å². The van der Waals surface area contributed by atoms with Gasteiger partial charge < -0.3 is 11.5 Å². The first-order chi connectivity index (χ1) is 5.13. The van der Waals surface area contributed by atoms with E-state index in [0.717, 1.165) is 0 Å². The lowest BCUT2D eigenvalue weighted by Crippen LogP contribution is -2.21. The smallest absolute Gasteiger partial charge is 0.132 e. The van der Waals surface area contributed by atoms with Gasteiger partial charge in [0.15, 0.2) is 0 Å². The van der Waals surface area contributed by atoms with E-state index in [2.05, 4.69) is 0 Å². The van der Waals surface area contributed by atoms with Gasteiger partial charge in [-0.15, -0.1) is 0 Å². The molecule has 1 rings (SSSR count). The van der Waals surface area contributed by atoms with Crippen molar-refractivity contribution in [3.8, 4) is 0 Å². The monoisotopic (exact) mass is 154 g/mol. The van der Waals surface area contributed by atoms with Crippen molar-refractivity contribution in [2.24, 2.45) is 11.5 Å². The molecule has 11 heavy (non-hydrogen) atoms. The van der Waals surface area contributed by atoms with E-state index in [1.165, 1.54) is 0 Å². The Hall–Kier alpha value is -0.930. The first kappa shape index (κ1) is 8.17. The zero-order valence-electron chi connectivity index (χ0n) is 6.34. The predicted molar refractivity (Wildman–Crippen MR) is 42.3 cm³/mol. The highest BCUT2D eigenvalue weighted by Gasteiger charge is 2.07. The van der Waals surface area contributed by atoms with Gasteiger partial charge in [-0.25, -0.2) is 4.39 Å². The molecule has 0 saturated heterocycles. The van der Waals surface area contributed by atoms with Gasteiger partial charge in [-0.05, 0) is 12.5 Å². The molecule has 1 aromatic rings. The maximum absolute atomic E-state index is 13.1.